The Kier molecular flexibility index (Phi) is 7.01. The smallest absolute Gasteiger partial charge is 0.326 e. The maximum absolute atomic E-state index is 12.0. The number of amides is 2. The number of methoxy groups -OCH3 is 1. The molecular formula is C12H22N2O4S. The van der Waals surface area contributed by atoms with Gasteiger partial charge < -0.3 is 20.1 Å². The number of carboxylic acid groups (broad SMARTS) is 1. The van der Waals surface area contributed by atoms with Crippen molar-refractivity contribution in [3.63, 3.8) is 0 Å². The first-order valence-electron chi connectivity index (χ1n) is 6.38. The number of thioether (sulfide) groups is 1. The number of carboxylic acids is 1. The monoisotopic (exact) mass is 290 g/mol. The van der Waals surface area contributed by atoms with Gasteiger partial charge in [-0.3, -0.25) is 0 Å². The molecule has 1 rings (SSSR count). The van der Waals surface area contributed by atoms with Gasteiger partial charge in [-0.25, -0.2) is 9.59 Å². The van der Waals surface area contributed by atoms with Crippen molar-refractivity contribution in [2.24, 2.45) is 0 Å². The molecule has 0 bridgehead atoms. The molecule has 0 radical (unpaired) electrons. The molecule has 7 heteroatoms. The second-order valence-corrected chi connectivity index (χ2v) is 5.55. The number of nitrogens with one attached hydrogen (secondary N) is 1. The fourth-order valence-electron chi connectivity index (χ4n) is 2.05. The summed E-state index contributed by atoms with van der Waals surface area (Å²) in [7, 11) is 1.63. The summed E-state index contributed by atoms with van der Waals surface area (Å²) >= 11 is 1.57. The van der Waals surface area contributed by atoms with E-state index in [0.29, 0.717) is 25.3 Å². The van der Waals surface area contributed by atoms with Crippen molar-refractivity contribution in [3.8, 4) is 0 Å². The van der Waals surface area contributed by atoms with Gasteiger partial charge >= 0.3 is 12.0 Å². The van der Waals surface area contributed by atoms with Crippen LogP contribution in [0.25, 0.3) is 0 Å². The predicted octanol–water partition coefficient (Wildman–Crippen LogP) is 1.01. The van der Waals surface area contributed by atoms with Crippen LogP contribution in [0, 0.1) is 0 Å². The molecule has 6 nitrogen and oxygen atoms in total. The molecule has 2 amide bonds. The standard InChI is InChI=1S/C12H22N2O4S/c1-18-9-4-3-6-14(8-9)12(17)13-10(11(15)16)5-7-19-2/h9-10H,3-8H2,1-2H3,(H,13,17)(H,15,16)/t9?,10-/m1/s1. The van der Waals surface area contributed by atoms with E-state index < -0.39 is 12.0 Å². The zero-order valence-electron chi connectivity index (χ0n) is 11.4. The summed E-state index contributed by atoms with van der Waals surface area (Å²) in [6.45, 7) is 1.18. The highest BCUT2D eigenvalue weighted by atomic mass is 32.2. The lowest BCUT2D eigenvalue weighted by Crippen LogP contribution is -2.52. The lowest BCUT2D eigenvalue weighted by Gasteiger charge is -2.32. The number of likely N-dealkylation sites (tertiary alicyclic amines) is 1. The van der Waals surface area contributed by atoms with Crippen LogP contribution in [0.5, 0.6) is 0 Å². The van der Waals surface area contributed by atoms with Crippen LogP contribution in [0.15, 0.2) is 0 Å². The van der Waals surface area contributed by atoms with E-state index in [-0.39, 0.29) is 12.1 Å². The number of aliphatic carboxylic acids is 1. The summed E-state index contributed by atoms with van der Waals surface area (Å²) in [4.78, 5) is 24.7. The van der Waals surface area contributed by atoms with Crippen molar-refractivity contribution in [2.45, 2.75) is 31.4 Å². The first kappa shape index (κ1) is 16.1. The summed E-state index contributed by atoms with van der Waals surface area (Å²) in [5.41, 5.74) is 0. The lowest BCUT2D eigenvalue weighted by molar-refractivity contribution is -0.139. The van der Waals surface area contributed by atoms with Gasteiger partial charge in [0, 0.05) is 20.2 Å². The minimum Gasteiger partial charge on any atom is -0.480 e. The normalized spacial score (nSPS) is 20.9. The molecule has 1 fully saturated rings. The van der Waals surface area contributed by atoms with Crippen LogP contribution < -0.4 is 5.32 Å². The minimum absolute atomic E-state index is 0.0500. The molecule has 110 valence electrons. The summed E-state index contributed by atoms with van der Waals surface area (Å²) in [5.74, 6) is -0.277. The third kappa shape index (κ3) is 5.28. The topological polar surface area (TPSA) is 78.9 Å². The molecule has 1 aliphatic heterocycles. The predicted molar refractivity (Wildman–Crippen MR) is 74.6 cm³/mol. The Labute approximate surface area is 117 Å². The molecular weight excluding hydrogens is 268 g/mol. The Morgan fingerprint density at radius 2 is 2.32 bits per heavy atom. The van der Waals surface area contributed by atoms with Gasteiger partial charge in [0.1, 0.15) is 6.04 Å². The van der Waals surface area contributed by atoms with Crippen LogP contribution in [0.2, 0.25) is 0 Å². The van der Waals surface area contributed by atoms with Crippen molar-refractivity contribution < 1.29 is 19.4 Å². The maximum Gasteiger partial charge on any atom is 0.326 e. The van der Waals surface area contributed by atoms with Crippen molar-refractivity contribution in [1.82, 2.24) is 10.2 Å². The van der Waals surface area contributed by atoms with Crippen LogP contribution >= 0.6 is 11.8 Å². The highest BCUT2D eigenvalue weighted by molar-refractivity contribution is 7.98. The molecule has 2 atom stereocenters. The highest BCUT2D eigenvalue weighted by Crippen LogP contribution is 2.13. The van der Waals surface area contributed by atoms with Gasteiger partial charge in [0.15, 0.2) is 0 Å². The van der Waals surface area contributed by atoms with Crippen molar-refractivity contribution in [1.29, 1.82) is 0 Å². The van der Waals surface area contributed by atoms with Crippen molar-refractivity contribution >= 4 is 23.8 Å². The summed E-state index contributed by atoms with van der Waals surface area (Å²) in [6.07, 6.45) is 4.22. The Morgan fingerprint density at radius 3 is 2.89 bits per heavy atom. The number of hydrogen-bond donors (Lipinski definition) is 2. The van der Waals surface area contributed by atoms with Gasteiger partial charge in [-0.2, -0.15) is 11.8 Å². The number of rotatable bonds is 6. The molecule has 0 aromatic rings. The molecule has 1 heterocycles. The molecule has 1 saturated heterocycles. The molecule has 0 spiro atoms. The van der Waals surface area contributed by atoms with Gasteiger partial charge in [-0.05, 0) is 31.3 Å². The number of hydrogen-bond acceptors (Lipinski definition) is 4. The van der Waals surface area contributed by atoms with E-state index in [1.807, 2.05) is 6.26 Å². The fourth-order valence-corrected chi connectivity index (χ4v) is 2.52. The molecule has 19 heavy (non-hydrogen) atoms. The number of carbonyl (C=O) groups is 2. The molecule has 0 saturated carbocycles. The number of urea groups is 1. The Hall–Kier alpha value is -0.950. The van der Waals surface area contributed by atoms with E-state index in [1.54, 1.807) is 23.8 Å². The largest absolute Gasteiger partial charge is 0.480 e. The first-order valence-corrected chi connectivity index (χ1v) is 7.77. The Morgan fingerprint density at radius 1 is 1.58 bits per heavy atom. The van der Waals surface area contributed by atoms with Crippen LogP contribution in [0.4, 0.5) is 4.79 Å². The maximum atomic E-state index is 12.0. The number of piperidine rings is 1. The second kappa shape index (κ2) is 8.27. The van der Waals surface area contributed by atoms with Crippen molar-refractivity contribution in [3.05, 3.63) is 0 Å². The minimum atomic E-state index is -0.984. The SMILES string of the molecule is COC1CCCN(C(=O)N[C@H](CCSC)C(=O)O)C1. The lowest BCUT2D eigenvalue weighted by atomic mass is 10.1. The van der Waals surface area contributed by atoms with Crippen molar-refractivity contribution in [2.75, 3.05) is 32.2 Å². The van der Waals surface area contributed by atoms with Crippen LogP contribution in [0.1, 0.15) is 19.3 Å². The summed E-state index contributed by atoms with van der Waals surface area (Å²) < 4.78 is 5.25. The van der Waals surface area contributed by atoms with E-state index in [1.165, 1.54) is 0 Å². The third-order valence-corrected chi connectivity index (χ3v) is 3.85. The van der Waals surface area contributed by atoms with Gasteiger partial charge in [0.25, 0.3) is 0 Å². The van der Waals surface area contributed by atoms with Gasteiger partial charge in [-0.15, -0.1) is 0 Å². The summed E-state index contributed by atoms with van der Waals surface area (Å²) in [6, 6.07) is -1.13. The van der Waals surface area contributed by atoms with E-state index in [9.17, 15) is 9.59 Å². The van der Waals surface area contributed by atoms with Gasteiger partial charge in [-0.1, -0.05) is 0 Å². The number of carbonyl (C=O) groups excluding carboxylic acids is 1. The van der Waals surface area contributed by atoms with E-state index in [2.05, 4.69) is 5.32 Å². The van der Waals surface area contributed by atoms with Gasteiger partial charge in [0.05, 0.1) is 6.10 Å². The van der Waals surface area contributed by atoms with E-state index in [0.717, 1.165) is 12.8 Å². The third-order valence-electron chi connectivity index (χ3n) is 3.21. The Bertz CT molecular complexity index is 314. The molecule has 0 aromatic heterocycles. The van der Waals surface area contributed by atoms with Gasteiger partial charge in [0.2, 0.25) is 0 Å². The first-order chi connectivity index (χ1) is 9.08. The van der Waals surface area contributed by atoms with E-state index in [4.69, 9.17) is 9.84 Å². The number of nitrogens with zero attached hydrogens (tertiary/aromatic N) is 1. The fraction of sp³-hybridized carbons (Fsp3) is 0.833. The second-order valence-electron chi connectivity index (χ2n) is 4.57. The van der Waals surface area contributed by atoms with Crippen LogP contribution in [-0.4, -0.2) is 66.4 Å². The zero-order chi connectivity index (χ0) is 14.3. The van der Waals surface area contributed by atoms with Crippen LogP contribution in [0.3, 0.4) is 0 Å². The highest BCUT2D eigenvalue weighted by Gasteiger charge is 2.26. The Balaban J connectivity index is 2.48. The number of ether oxygens (including phenoxy) is 1. The average Bonchev–Trinajstić information content (AvgIpc) is 2.42. The quantitative estimate of drug-likeness (QED) is 0.763. The van der Waals surface area contributed by atoms with Crippen LogP contribution in [-0.2, 0) is 9.53 Å². The molecule has 0 aliphatic carbocycles. The average molecular weight is 290 g/mol. The molecule has 1 unspecified atom stereocenters. The molecule has 1 aliphatic rings. The van der Waals surface area contributed by atoms with E-state index >= 15 is 0 Å². The summed E-state index contributed by atoms with van der Waals surface area (Å²) in [5, 5.41) is 11.7. The molecule has 0 aromatic carbocycles. The molecule has 2 N–H and O–H groups in total. The zero-order valence-corrected chi connectivity index (χ0v) is 12.2.